The number of amides is 2. The number of carbonyl (C=O) groups is 2. The number of carbonyl (C=O) groups excluding carboxylic acids is 2. The zero-order chi connectivity index (χ0) is 18.9. The van der Waals surface area contributed by atoms with E-state index in [0.29, 0.717) is 19.0 Å². The maximum absolute atomic E-state index is 12.9. The summed E-state index contributed by atoms with van der Waals surface area (Å²) in [6, 6.07) is 3.70. The Hall–Kier alpha value is -2.11. The number of nitrogens with zero attached hydrogens (tertiary/aromatic N) is 1. The summed E-state index contributed by atoms with van der Waals surface area (Å²) in [7, 11) is 0. The molecule has 1 aromatic heterocycles. The van der Waals surface area contributed by atoms with E-state index in [1.807, 2.05) is 19.1 Å². The molecule has 4 aliphatic rings. The van der Waals surface area contributed by atoms with E-state index >= 15 is 0 Å². The minimum atomic E-state index is -0.208. The maximum Gasteiger partial charge on any atom is 0.239 e. The van der Waals surface area contributed by atoms with Gasteiger partial charge in [-0.1, -0.05) is 6.07 Å². The highest BCUT2D eigenvalue weighted by Crippen LogP contribution is 2.60. The Bertz CT molecular complexity index is 683. The van der Waals surface area contributed by atoms with Gasteiger partial charge in [0.25, 0.3) is 0 Å². The summed E-state index contributed by atoms with van der Waals surface area (Å²) < 4.78 is 5.47. The van der Waals surface area contributed by atoms with Crippen molar-refractivity contribution in [1.82, 2.24) is 15.6 Å². The Labute approximate surface area is 160 Å². The SMILES string of the molecule is CCOc1ncccc1CNC(=O)CNC(=O)C12CC3CC(CC(C3)C1)C2. The number of nitrogens with one attached hydrogen (secondary N) is 2. The molecule has 4 fully saturated rings. The van der Waals surface area contributed by atoms with Crippen molar-refractivity contribution in [2.45, 2.75) is 52.0 Å². The molecule has 4 aliphatic carbocycles. The number of pyridine rings is 1. The van der Waals surface area contributed by atoms with Gasteiger partial charge in [0.15, 0.2) is 0 Å². The van der Waals surface area contributed by atoms with Crippen molar-refractivity contribution in [3.05, 3.63) is 23.9 Å². The second-order valence-electron chi connectivity index (χ2n) is 8.56. The summed E-state index contributed by atoms with van der Waals surface area (Å²) >= 11 is 0. The number of rotatable bonds is 7. The third kappa shape index (κ3) is 3.80. The Morgan fingerprint density at radius 2 is 1.81 bits per heavy atom. The van der Waals surface area contributed by atoms with E-state index in [9.17, 15) is 9.59 Å². The van der Waals surface area contributed by atoms with Crippen molar-refractivity contribution in [1.29, 1.82) is 0 Å². The van der Waals surface area contributed by atoms with Crippen LogP contribution in [0.1, 0.15) is 51.0 Å². The van der Waals surface area contributed by atoms with Crippen LogP contribution in [0.2, 0.25) is 0 Å². The Morgan fingerprint density at radius 3 is 2.44 bits per heavy atom. The molecule has 0 saturated heterocycles. The molecule has 0 atom stereocenters. The first kappa shape index (κ1) is 18.3. The lowest BCUT2D eigenvalue weighted by Gasteiger charge is -2.55. The largest absolute Gasteiger partial charge is 0.478 e. The molecule has 6 nitrogen and oxygen atoms in total. The molecular formula is C21H29N3O3. The van der Waals surface area contributed by atoms with Gasteiger partial charge in [-0.25, -0.2) is 4.98 Å². The number of aromatic nitrogens is 1. The first-order valence-corrected chi connectivity index (χ1v) is 10.2. The normalized spacial score (nSPS) is 30.8. The van der Waals surface area contributed by atoms with Crippen molar-refractivity contribution in [2.75, 3.05) is 13.2 Å². The van der Waals surface area contributed by atoms with Gasteiger partial charge in [-0.2, -0.15) is 0 Å². The average Bonchev–Trinajstić information content (AvgIpc) is 2.64. The summed E-state index contributed by atoms with van der Waals surface area (Å²) in [4.78, 5) is 29.3. The van der Waals surface area contributed by atoms with Crippen LogP contribution in [0.15, 0.2) is 18.3 Å². The molecule has 1 heterocycles. The van der Waals surface area contributed by atoms with Crippen molar-refractivity contribution >= 4 is 11.8 Å². The van der Waals surface area contributed by atoms with E-state index < -0.39 is 0 Å². The first-order chi connectivity index (χ1) is 13.1. The van der Waals surface area contributed by atoms with Gasteiger partial charge in [0.1, 0.15) is 0 Å². The van der Waals surface area contributed by atoms with Crippen LogP contribution in [-0.4, -0.2) is 29.9 Å². The minimum Gasteiger partial charge on any atom is -0.478 e. The highest BCUT2D eigenvalue weighted by atomic mass is 16.5. The second-order valence-corrected chi connectivity index (χ2v) is 8.56. The molecule has 4 bridgehead atoms. The van der Waals surface area contributed by atoms with Gasteiger partial charge in [-0.05, 0) is 69.3 Å². The Balaban J connectivity index is 1.28. The van der Waals surface area contributed by atoms with Gasteiger partial charge < -0.3 is 15.4 Å². The van der Waals surface area contributed by atoms with E-state index in [-0.39, 0.29) is 23.8 Å². The third-order valence-electron chi connectivity index (χ3n) is 6.54. The van der Waals surface area contributed by atoms with Crippen molar-refractivity contribution in [3.8, 4) is 5.88 Å². The number of hydrogen-bond donors (Lipinski definition) is 2. The van der Waals surface area contributed by atoms with Gasteiger partial charge in [-0.3, -0.25) is 9.59 Å². The van der Waals surface area contributed by atoms with Crippen molar-refractivity contribution in [3.63, 3.8) is 0 Å². The molecule has 0 spiro atoms. The quantitative estimate of drug-likeness (QED) is 0.771. The highest BCUT2D eigenvalue weighted by Gasteiger charge is 2.54. The van der Waals surface area contributed by atoms with Crippen molar-refractivity contribution < 1.29 is 14.3 Å². The fourth-order valence-electron chi connectivity index (χ4n) is 5.82. The van der Waals surface area contributed by atoms with Crippen LogP contribution in [0.5, 0.6) is 5.88 Å². The predicted molar refractivity (Wildman–Crippen MR) is 101 cm³/mol. The lowest BCUT2D eigenvalue weighted by atomic mass is 9.49. The van der Waals surface area contributed by atoms with Gasteiger partial charge in [0, 0.05) is 23.7 Å². The Morgan fingerprint density at radius 1 is 1.15 bits per heavy atom. The molecule has 5 rings (SSSR count). The first-order valence-electron chi connectivity index (χ1n) is 10.2. The third-order valence-corrected chi connectivity index (χ3v) is 6.54. The fraction of sp³-hybridized carbons (Fsp3) is 0.667. The van der Waals surface area contributed by atoms with E-state index in [1.165, 1.54) is 19.3 Å². The summed E-state index contributed by atoms with van der Waals surface area (Å²) in [5, 5.41) is 5.77. The highest BCUT2D eigenvalue weighted by molar-refractivity contribution is 5.88. The van der Waals surface area contributed by atoms with Crippen LogP contribution in [0.4, 0.5) is 0 Å². The maximum atomic E-state index is 12.9. The molecule has 0 radical (unpaired) electrons. The van der Waals surface area contributed by atoms with Crippen LogP contribution >= 0.6 is 0 Å². The standard InChI is InChI=1S/C21H29N3O3/c1-2-27-19-17(4-3-5-22-19)12-23-18(25)13-24-20(26)21-9-14-6-15(10-21)8-16(7-14)11-21/h3-5,14-16H,2,6-13H2,1H3,(H,23,25)(H,24,26). The molecule has 27 heavy (non-hydrogen) atoms. The smallest absolute Gasteiger partial charge is 0.239 e. The van der Waals surface area contributed by atoms with Gasteiger partial charge in [-0.15, -0.1) is 0 Å². The van der Waals surface area contributed by atoms with Crippen molar-refractivity contribution in [2.24, 2.45) is 23.2 Å². The molecular weight excluding hydrogens is 342 g/mol. The molecule has 1 aromatic rings. The summed E-state index contributed by atoms with van der Waals surface area (Å²) in [5.41, 5.74) is 0.626. The molecule has 0 aliphatic heterocycles. The van der Waals surface area contributed by atoms with Crippen LogP contribution in [0.3, 0.4) is 0 Å². The summed E-state index contributed by atoms with van der Waals surface area (Å²) in [5.74, 6) is 2.61. The Kier molecular flexibility index (Phi) is 5.06. The topological polar surface area (TPSA) is 80.3 Å². The lowest BCUT2D eigenvalue weighted by Crippen LogP contribution is -2.54. The molecule has 4 saturated carbocycles. The molecule has 0 aromatic carbocycles. The van der Waals surface area contributed by atoms with Crippen LogP contribution in [0, 0.1) is 23.2 Å². The van der Waals surface area contributed by atoms with E-state index in [0.717, 1.165) is 42.6 Å². The predicted octanol–water partition coefficient (Wildman–Crippen LogP) is 2.43. The zero-order valence-electron chi connectivity index (χ0n) is 16.0. The van der Waals surface area contributed by atoms with Crippen LogP contribution < -0.4 is 15.4 Å². The second kappa shape index (κ2) is 7.49. The zero-order valence-corrected chi connectivity index (χ0v) is 16.0. The molecule has 146 valence electrons. The van der Waals surface area contributed by atoms with Gasteiger partial charge >= 0.3 is 0 Å². The lowest BCUT2D eigenvalue weighted by molar-refractivity contribution is -0.147. The fourth-order valence-corrected chi connectivity index (χ4v) is 5.82. The molecule has 2 N–H and O–H groups in total. The van der Waals surface area contributed by atoms with E-state index in [2.05, 4.69) is 15.6 Å². The monoisotopic (exact) mass is 371 g/mol. The van der Waals surface area contributed by atoms with Crippen LogP contribution in [-0.2, 0) is 16.1 Å². The molecule has 0 unspecified atom stereocenters. The molecule has 6 heteroatoms. The minimum absolute atomic E-state index is 0.0326. The van der Waals surface area contributed by atoms with Crippen LogP contribution in [0.25, 0.3) is 0 Å². The number of hydrogen-bond acceptors (Lipinski definition) is 4. The summed E-state index contributed by atoms with van der Waals surface area (Å²) in [6.07, 6.45) is 8.63. The van der Waals surface area contributed by atoms with Gasteiger partial charge in [0.2, 0.25) is 17.7 Å². The summed E-state index contributed by atoms with van der Waals surface area (Å²) in [6.45, 7) is 2.80. The number of ether oxygens (including phenoxy) is 1. The van der Waals surface area contributed by atoms with E-state index in [4.69, 9.17) is 4.74 Å². The average molecular weight is 371 g/mol. The van der Waals surface area contributed by atoms with Gasteiger partial charge in [0.05, 0.1) is 13.2 Å². The molecule has 2 amide bonds. The van der Waals surface area contributed by atoms with E-state index in [1.54, 1.807) is 6.20 Å².